The van der Waals surface area contributed by atoms with Crippen LogP contribution in [0, 0.1) is 5.82 Å². The summed E-state index contributed by atoms with van der Waals surface area (Å²) < 4.78 is 51.7. The number of thioether (sulfide) groups is 1. The molecule has 1 N–H and O–H groups in total. The van der Waals surface area contributed by atoms with E-state index in [4.69, 9.17) is 0 Å². The Hall–Kier alpha value is -0.750. The van der Waals surface area contributed by atoms with Crippen LogP contribution in [0.4, 0.5) is 17.6 Å². The minimum absolute atomic E-state index is 0.0144. The Morgan fingerprint density at radius 3 is 2.29 bits per heavy atom. The van der Waals surface area contributed by atoms with Gasteiger partial charge in [0.25, 0.3) is 0 Å². The Morgan fingerprint density at radius 1 is 1.19 bits per heavy atom. The molecule has 1 unspecified atom stereocenters. The number of hydrogen-bond acceptors (Lipinski definition) is 2. The van der Waals surface area contributed by atoms with Gasteiger partial charge in [-0.3, -0.25) is 0 Å². The number of rotatable bonds is 5. The molecule has 1 aromatic rings. The fourth-order valence-corrected chi connectivity index (χ4v) is 2.81. The number of halogens is 4. The Kier molecular flexibility index (Phi) is 6.11. The third-order valence-electron chi connectivity index (χ3n) is 2.83. The summed E-state index contributed by atoms with van der Waals surface area (Å²) in [7, 11) is 0. The zero-order chi connectivity index (χ0) is 16.3. The van der Waals surface area contributed by atoms with Crippen LogP contribution < -0.4 is 5.32 Å². The van der Waals surface area contributed by atoms with Gasteiger partial charge in [0.05, 0.1) is 5.56 Å². The zero-order valence-electron chi connectivity index (χ0n) is 12.6. The zero-order valence-corrected chi connectivity index (χ0v) is 13.5. The second kappa shape index (κ2) is 7.01. The predicted molar refractivity (Wildman–Crippen MR) is 80.0 cm³/mol. The molecule has 0 heterocycles. The normalized spacial score (nSPS) is 14.3. The van der Waals surface area contributed by atoms with Gasteiger partial charge in [0.2, 0.25) is 0 Å². The number of hydrogen-bond donors (Lipinski definition) is 1. The molecule has 0 saturated heterocycles. The lowest BCUT2D eigenvalue weighted by Gasteiger charge is -2.24. The van der Waals surface area contributed by atoms with E-state index in [1.54, 1.807) is 11.8 Å². The minimum Gasteiger partial charge on any atom is -0.310 e. The van der Waals surface area contributed by atoms with Gasteiger partial charge in [0.15, 0.2) is 0 Å². The summed E-state index contributed by atoms with van der Waals surface area (Å²) in [6.07, 6.45) is -4.67. The van der Waals surface area contributed by atoms with E-state index in [9.17, 15) is 17.6 Å². The first-order chi connectivity index (χ1) is 9.54. The highest BCUT2D eigenvalue weighted by Crippen LogP contribution is 2.34. The van der Waals surface area contributed by atoms with Crippen molar-refractivity contribution in [1.82, 2.24) is 5.32 Å². The molecule has 0 bridgehead atoms. The van der Waals surface area contributed by atoms with Crippen molar-refractivity contribution in [3.63, 3.8) is 0 Å². The van der Waals surface area contributed by atoms with E-state index in [0.717, 1.165) is 12.1 Å². The smallest absolute Gasteiger partial charge is 0.310 e. The van der Waals surface area contributed by atoms with Crippen molar-refractivity contribution in [3.8, 4) is 0 Å². The summed E-state index contributed by atoms with van der Waals surface area (Å²) >= 11 is 1.66. The first kappa shape index (κ1) is 18.3. The SMILES string of the molecule is CCNC(CSC(C)(C)C)c1ccc(F)c(C(F)(F)F)c1. The molecule has 6 heteroatoms. The summed E-state index contributed by atoms with van der Waals surface area (Å²) in [5.74, 6) is -0.606. The fraction of sp³-hybridized carbons (Fsp3) is 0.600. The first-order valence-electron chi connectivity index (χ1n) is 6.78. The maximum Gasteiger partial charge on any atom is 0.419 e. The lowest BCUT2D eigenvalue weighted by Crippen LogP contribution is -2.25. The van der Waals surface area contributed by atoms with E-state index in [2.05, 4.69) is 5.32 Å². The van der Waals surface area contributed by atoms with E-state index >= 15 is 0 Å². The largest absolute Gasteiger partial charge is 0.419 e. The highest BCUT2D eigenvalue weighted by molar-refractivity contribution is 8.00. The molecule has 0 aliphatic rings. The molecule has 1 atom stereocenters. The lowest BCUT2D eigenvalue weighted by atomic mass is 10.0. The van der Waals surface area contributed by atoms with Gasteiger partial charge in [-0.15, -0.1) is 0 Å². The quantitative estimate of drug-likeness (QED) is 0.763. The van der Waals surface area contributed by atoms with Crippen molar-refractivity contribution >= 4 is 11.8 Å². The summed E-state index contributed by atoms with van der Waals surface area (Å²) in [4.78, 5) is 0. The summed E-state index contributed by atoms with van der Waals surface area (Å²) in [5, 5.41) is 3.16. The second-order valence-electron chi connectivity index (χ2n) is 5.77. The molecule has 0 radical (unpaired) electrons. The predicted octanol–water partition coefficient (Wildman–Crippen LogP) is 5.03. The molecule has 21 heavy (non-hydrogen) atoms. The Balaban J connectivity index is 3.03. The highest BCUT2D eigenvalue weighted by Gasteiger charge is 2.34. The molecular weight excluding hydrogens is 302 g/mol. The van der Waals surface area contributed by atoms with E-state index < -0.39 is 17.6 Å². The van der Waals surface area contributed by atoms with Crippen molar-refractivity contribution in [3.05, 3.63) is 35.1 Å². The second-order valence-corrected chi connectivity index (χ2v) is 7.62. The molecule has 0 saturated carbocycles. The van der Waals surface area contributed by atoms with Crippen molar-refractivity contribution in [2.75, 3.05) is 12.3 Å². The van der Waals surface area contributed by atoms with Gasteiger partial charge >= 0.3 is 6.18 Å². The molecule has 0 amide bonds. The van der Waals surface area contributed by atoms with Gasteiger partial charge in [-0.05, 0) is 24.2 Å². The Bertz CT molecular complexity index is 466. The van der Waals surface area contributed by atoms with Crippen LogP contribution >= 0.6 is 11.8 Å². The molecule has 1 nitrogen and oxygen atoms in total. The first-order valence-corrected chi connectivity index (χ1v) is 7.77. The van der Waals surface area contributed by atoms with Gasteiger partial charge in [0.1, 0.15) is 5.82 Å². The molecule has 1 aromatic carbocycles. The number of alkyl halides is 3. The highest BCUT2D eigenvalue weighted by atomic mass is 32.2. The van der Waals surface area contributed by atoms with Gasteiger partial charge < -0.3 is 5.32 Å². The van der Waals surface area contributed by atoms with E-state index in [-0.39, 0.29) is 10.8 Å². The standard InChI is InChI=1S/C15H21F4NS/c1-5-20-13(9-21-14(2,3)4)10-6-7-12(16)11(8-10)15(17,18)19/h6-8,13,20H,5,9H2,1-4H3. The maximum atomic E-state index is 13.3. The average Bonchev–Trinajstić information content (AvgIpc) is 2.33. The van der Waals surface area contributed by atoms with Crippen molar-refractivity contribution in [2.24, 2.45) is 0 Å². The van der Waals surface area contributed by atoms with Crippen LogP contribution in [0.2, 0.25) is 0 Å². The summed E-state index contributed by atoms with van der Waals surface area (Å²) in [6.45, 7) is 8.67. The number of benzene rings is 1. The third kappa shape index (κ3) is 5.87. The van der Waals surface area contributed by atoms with Gasteiger partial charge in [-0.2, -0.15) is 24.9 Å². The lowest BCUT2D eigenvalue weighted by molar-refractivity contribution is -0.140. The molecule has 0 aliphatic heterocycles. The Labute approximate surface area is 127 Å². The van der Waals surface area contributed by atoms with Gasteiger partial charge in [-0.25, -0.2) is 4.39 Å². The summed E-state index contributed by atoms with van der Waals surface area (Å²) in [5.41, 5.74) is -0.744. The van der Waals surface area contributed by atoms with Crippen LogP contribution in [-0.2, 0) is 6.18 Å². The Morgan fingerprint density at radius 2 is 1.81 bits per heavy atom. The van der Waals surface area contributed by atoms with Gasteiger partial charge in [0, 0.05) is 16.5 Å². The van der Waals surface area contributed by atoms with Crippen LogP contribution in [0.5, 0.6) is 0 Å². The molecule has 0 aliphatic carbocycles. The van der Waals surface area contributed by atoms with Gasteiger partial charge in [-0.1, -0.05) is 33.8 Å². The van der Waals surface area contributed by atoms with Crippen LogP contribution in [-0.4, -0.2) is 17.0 Å². The molecule has 0 fully saturated rings. The van der Waals surface area contributed by atoms with Crippen molar-refractivity contribution < 1.29 is 17.6 Å². The van der Waals surface area contributed by atoms with Crippen LogP contribution in [0.25, 0.3) is 0 Å². The van der Waals surface area contributed by atoms with E-state index in [0.29, 0.717) is 17.9 Å². The molecule has 0 spiro atoms. The van der Waals surface area contributed by atoms with E-state index in [1.165, 1.54) is 6.07 Å². The molecule has 0 aromatic heterocycles. The van der Waals surface area contributed by atoms with E-state index in [1.807, 2.05) is 27.7 Å². The fourth-order valence-electron chi connectivity index (χ4n) is 1.83. The van der Waals surface area contributed by atoms with Crippen molar-refractivity contribution in [2.45, 2.75) is 44.7 Å². The minimum atomic E-state index is -4.67. The maximum absolute atomic E-state index is 13.3. The average molecular weight is 323 g/mol. The monoisotopic (exact) mass is 323 g/mol. The van der Waals surface area contributed by atoms with Crippen molar-refractivity contribution in [1.29, 1.82) is 0 Å². The molecular formula is C15H21F4NS. The molecule has 1 rings (SSSR count). The van der Waals surface area contributed by atoms with Crippen LogP contribution in [0.3, 0.4) is 0 Å². The molecule has 120 valence electrons. The third-order valence-corrected chi connectivity index (χ3v) is 4.20. The van der Waals surface area contributed by atoms with Crippen LogP contribution in [0.1, 0.15) is 44.9 Å². The topological polar surface area (TPSA) is 12.0 Å². The van der Waals surface area contributed by atoms with Crippen LogP contribution in [0.15, 0.2) is 18.2 Å². The summed E-state index contributed by atoms with van der Waals surface area (Å²) in [6, 6.07) is 2.98. The number of nitrogens with one attached hydrogen (secondary N) is 1.